The van der Waals surface area contributed by atoms with Crippen LogP contribution >= 0.6 is 0 Å². The maximum atomic E-state index is 13.0. The molecule has 2 N–H and O–H groups in total. The molecule has 6 amide bonds. The van der Waals surface area contributed by atoms with Crippen LogP contribution in [-0.4, -0.2) is 70.4 Å². The highest BCUT2D eigenvalue weighted by Gasteiger charge is 2.43. The number of fused-ring (bicyclic) bond motifs is 2. The third kappa shape index (κ3) is 6.27. The minimum Gasteiger partial charge on any atom is -0.354 e. The topological polar surface area (TPSA) is 133 Å². The van der Waals surface area contributed by atoms with E-state index in [-0.39, 0.29) is 11.8 Å². The fourth-order valence-electron chi connectivity index (χ4n) is 5.55. The number of rotatable bonds is 15. The van der Waals surface area contributed by atoms with Crippen molar-refractivity contribution in [1.82, 2.24) is 20.4 Å². The van der Waals surface area contributed by atoms with E-state index in [4.69, 9.17) is 0 Å². The molecule has 2 aromatic rings. The Morgan fingerprint density at radius 2 is 0.881 bits per heavy atom. The molecule has 0 spiro atoms. The van der Waals surface area contributed by atoms with Gasteiger partial charge in [-0.25, -0.2) is 0 Å². The number of benzene rings is 2. The smallest absolute Gasteiger partial charge is 0.262 e. The molecule has 0 saturated carbocycles. The van der Waals surface area contributed by atoms with Crippen LogP contribution in [0.1, 0.15) is 107 Å². The summed E-state index contributed by atoms with van der Waals surface area (Å²) in [5.41, 5.74) is 1.31. The summed E-state index contributed by atoms with van der Waals surface area (Å²) < 4.78 is 0. The third-order valence-corrected chi connectivity index (χ3v) is 7.71. The van der Waals surface area contributed by atoms with Crippen LogP contribution < -0.4 is 10.6 Å². The van der Waals surface area contributed by atoms with E-state index in [2.05, 4.69) is 10.6 Å². The second kappa shape index (κ2) is 14.0. The van der Waals surface area contributed by atoms with E-state index in [0.29, 0.717) is 73.9 Å². The molecule has 2 heterocycles. The molecular weight excluding hydrogens is 536 g/mol. The van der Waals surface area contributed by atoms with Crippen molar-refractivity contribution in [2.45, 2.75) is 77.3 Å². The molecule has 10 heteroatoms. The predicted molar refractivity (Wildman–Crippen MR) is 156 cm³/mol. The molecule has 0 aromatic heterocycles. The van der Waals surface area contributed by atoms with E-state index in [9.17, 15) is 28.8 Å². The maximum absolute atomic E-state index is 13.0. The molecule has 42 heavy (non-hydrogen) atoms. The first-order chi connectivity index (χ1) is 20.3. The zero-order valence-electron chi connectivity index (χ0n) is 24.2. The lowest BCUT2D eigenvalue weighted by Gasteiger charge is -2.25. The lowest BCUT2D eigenvalue weighted by Crippen LogP contribution is -2.49. The molecule has 2 aromatic carbocycles. The molecule has 0 radical (unpaired) electrons. The zero-order valence-corrected chi connectivity index (χ0v) is 24.2. The van der Waals surface area contributed by atoms with Gasteiger partial charge >= 0.3 is 0 Å². The van der Waals surface area contributed by atoms with Crippen LogP contribution in [0.2, 0.25) is 0 Å². The van der Waals surface area contributed by atoms with Gasteiger partial charge in [-0.2, -0.15) is 0 Å². The molecule has 0 fully saturated rings. The zero-order chi connectivity index (χ0) is 30.2. The molecular formula is C32H38N4O6. The first-order valence-electron chi connectivity index (χ1n) is 14.8. The molecule has 0 aliphatic carbocycles. The van der Waals surface area contributed by atoms with E-state index in [1.807, 2.05) is 13.8 Å². The molecule has 2 aliphatic rings. The van der Waals surface area contributed by atoms with Gasteiger partial charge in [0.1, 0.15) is 12.1 Å². The van der Waals surface area contributed by atoms with Gasteiger partial charge in [-0.15, -0.1) is 0 Å². The molecule has 0 saturated heterocycles. The number of carbonyl (C=O) groups excluding carboxylic acids is 6. The predicted octanol–water partition coefficient (Wildman–Crippen LogP) is 3.71. The van der Waals surface area contributed by atoms with Crippen molar-refractivity contribution >= 4 is 35.4 Å². The lowest BCUT2D eigenvalue weighted by molar-refractivity contribution is -0.125. The summed E-state index contributed by atoms with van der Waals surface area (Å²) in [4.78, 5) is 79.5. The van der Waals surface area contributed by atoms with Crippen LogP contribution in [0.15, 0.2) is 48.5 Å². The van der Waals surface area contributed by atoms with Gasteiger partial charge in [-0.3, -0.25) is 38.6 Å². The summed E-state index contributed by atoms with van der Waals surface area (Å²) in [7, 11) is 0. The number of imide groups is 2. The number of hydrogen-bond acceptors (Lipinski definition) is 6. The number of hydrogen-bond donors (Lipinski definition) is 2. The number of unbranched alkanes of at least 4 members (excludes halogenated alkanes) is 3. The van der Waals surface area contributed by atoms with Crippen molar-refractivity contribution in [2.75, 3.05) is 13.1 Å². The molecule has 2 aliphatic heterocycles. The van der Waals surface area contributed by atoms with E-state index in [1.165, 1.54) is 0 Å². The number of amides is 6. The Kier molecular flexibility index (Phi) is 10.2. The lowest BCUT2D eigenvalue weighted by atomic mass is 10.1. The summed E-state index contributed by atoms with van der Waals surface area (Å²) in [6.45, 7) is 4.63. The average molecular weight is 575 g/mol. The van der Waals surface area contributed by atoms with Gasteiger partial charge in [0.05, 0.1) is 22.3 Å². The highest BCUT2D eigenvalue weighted by Crippen LogP contribution is 2.27. The van der Waals surface area contributed by atoms with Crippen LogP contribution in [0.25, 0.3) is 0 Å². The summed E-state index contributed by atoms with van der Waals surface area (Å²) in [6, 6.07) is 11.5. The van der Waals surface area contributed by atoms with Gasteiger partial charge in [0, 0.05) is 13.1 Å². The van der Waals surface area contributed by atoms with Crippen molar-refractivity contribution in [3.63, 3.8) is 0 Å². The molecule has 222 valence electrons. The maximum Gasteiger partial charge on any atom is 0.262 e. The highest BCUT2D eigenvalue weighted by atomic mass is 16.2. The second-order valence-electron chi connectivity index (χ2n) is 10.7. The Morgan fingerprint density at radius 3 is 1.17 bits per heavy atom. The second-order valence-corrected chi connectivity index (χ2v) is 10.7. The van der Waals surface area contributed by atoms with E-state index in [0.717, 1.165) is 22.6 Å². The van der Waals surface area contributed by atoms with Crippen LogP contribution in [0.5, 0.6) is 0 Å². The Bertz CT molecular complexity index is 1200. The first kappa shape index (κ1) is 30.6. The van der Waals surface area contributed by atoms with Crippen LogP contribution in [0.4, 0.5) is 0 Å². The average Bonchev–Trinajstić information content (AvgIpc) is 3.40. The third-order valence-electron chi connectivity index (χ3n) is 7.71. The highest BCUT2D eigenvalue weighted by molar-refractivity contribution is 6.23. The molecule has 2 atom stereocenters. The SMILES string of the molecule is CCCC(C(=O)NCCCCCCNC(=O)C(CCC)N1C(=O)c2ccccc2C1=O)N1C(=O)c2ccccc2C1=O. The van der Waals surface area contributed by atoms with Gasteiger partial charge in [-0.1, -0.05) is 63.8 Å². The van der Waals surface area contributed by atoms with Gasteiger partial charge in [0.2, 0.25) is 11.8 Å². The Labute approximate surface area is 245 Å². The summed E-state index contributed by atoms with van der Waals surface area (Å²) >= 11 is 0. The van der Waals surface area contributed by atoms with Crippen molar-refractivity contribution in [2.24, 2.45) is 0 Å². The van der Waals surface area contributed by atoms with Crippen molar-refractivity contribution in [1.29, 1.82) is 0 Å². The summed E-state index contributed by atoms with van der Waals surface area (Å²) in [5, 5.41) is 5.75. The number of carbonyl (C=O) groups is 6. The first-order valence-corrected chi connectivity index (χ1v) is 14.8. The van der Waals surface area contributed by atoms with Gasteiger partial charge in [0.25, 0.3) is 23.6 Å². The van der Waals surface area contributed by atoms with E-state index < -0.39 is 35.7 Å². The van der Waals surface area contributed by atoms with Gasteiger partial charge < -0.3 is 10.6 Å². The minimum atomic E-state index is -0.851. The van der Waals surface area contributed by atoms with Gasteiger partial charge in [0.15, 0.2) is 0 Å². The van der Waals surface area contributed by atoms with Crippen LogP contribution in [0, 0.1) is 0 Å². The molecule has 2 unspecified atom stereocenters. The molecule has 10 nitrogen and oxygen atoms in total. The standard InChI is InChI=1S/C32H38N4O6/c1-3-13-25(35-29(39)21-15-7-8-16-22(21)30(35)40)27(37)33-19-11-5-6-12-20-34-28(38)26(14-4-2)36-31(41)23-17-9-10-18-24(23)32(36)42/h7-10,15-18,25-26H,3-6,11-14,19-20H2,1-2H3,(H,33,37)(H,34,38). The fraction of sp³-hybridized carbons (Fsp3) is 0.438. The largest absolute Gasteiger partial charge is 0.354 e. The Morgan fingerprint density at radius 1 is 0.571 bits per heavy atom. The normalized spacial score (nSPS) is 15.5. The summed E-state index contributed by atoms with van der Waals surface area (Å²) in [6.07, 6.45) is 5.07. The quantitative estimate of drug-likeness (QED) is 0.246. The summed E-state index contributed by atoms with van der Waals surface area (Å²) in [5.74, 6) is -2.42. The molecule has 0 bridgehead atoms. The van der Waals surface area contributed by atoms with Crippen LogP contribution in [0.3, 0.4) is 0 Å². The van der Waals surface area contributed by atoms with E-state index >= 15 is 0 Å². The van der Waals surface area contributed by atoms with E-state index in [1.54, 1.807) is 48.5 Å². The van der Waals surface area contributed by atoms with Crippen molar-refractivity contribution in [3.05, 3.63) is 70.8 Å². The Balaban J connectivity index is 1.18. The number of nitrogens with one attached hydrogen (secondary N) is 2. The Hall–Kier alpha value is -4.34. The van der Waals surface area contributed by atoms with Crippen LogP contribution in [-0.2, 0) is 9.59 Å². The number of nitrogens with zero attached hydrogens (tertiary/aromatic N) is 2. The van der Waals surface area contributed by atoms with Gasteiger partial charge in [-0.05, 0) is 49.9 Å². The fourth-order valence-corrected chi connectivity index (χ4v) is 5.55. The van der Waals surface area contributed by atoms with Crippen molar-refractivity contribution in [3.8, 4) is 0 Å². The van der Waals surface area contributed by atoms with Crippen molar-refractivity contribution < 1.29 is 28.8 Å². The minimum absolute atomic E-state index is 0.327. The molecule has 4 rings (SSSR count). The monoisotopic (exact) mass is 574 g/mol.